The van der Waals surface area contributed by atoms with Crippen LogP contribution in [-0.2, 0) is 0 Å². The summed E-state index contributed by atoms with van der Waals surface area (Å²) in [6.07, 6.45) is 2.18. The van der Waals surface area contributed by atoms with E-state index in [0.717, 1.165) is 19.3 Å². The van der Waals surface area contributed by atoms with Gasteiger partial charge in [-0.2, -0.15) is 0 Å². The highest BCUT2D eigenvalue weighted by molar-refractivity contribution is 9.10. The van der Waals surface area contributed by atoms with E-state index in [9.17, 15) is 9.50 Å². The van der Waals surface area contributed by atoms with Gasteiger partial charge in [0.15, 0.2) is 0 Å². The summed E-state index contributed by atoms with van der Waals surface area (Å²) >= 11 is 8.96. The SMILES string of the molecule is CCCCC(C)C(O)c1ccc(Br)c(Cl)c1F. The van der Waals surface area contributed by atoms with Crippen LogP contribution in [0.15, 0.2) is 16.6 Å². The Balaban J connectivity index is 2.89. The summed E-state index contributed by atoms with van der Waals surface area (Å²) in [7, 11) is 0. The van der Waals surface area contributed by atoms with Crippen LogP contribution < -0.4 is 0 Å². The van der Waals surface area contributed by atoms with Gasteiger partial charge in [0.05, 0.1) is 11.1 Å². The molecule has 0 saturated heterocycles. The molecule has 0 radical (unpaired) electrons. The molecular formula is C13H17BrClFO. The van der Waals surface area contributed by atoms with Crippen molar-refractivity contribution in [3.63, 3.8) is 0 Å². The number of hydrogen-bond acceptors (Lipinski definition) is 1. The Kier molecular flexibility index (Phi) is 5.90. The van der Waals surface area contributed by atoms with Crippen molar-refractivity contribution in [1.82, 2.24) is 0 Å². The quantitative estimate of drug-likeness (QED) is 0.747. The Morgan fingerprint density at radius 3 is 2.71 bits per heavy atom. The lowest BCUT2D eigenvalue weighted by atomic mass is 9.92. The minimum Gasteiger partial charge on any atom is -0.388 e. The normalized spacial score (nSPS) is 14.7. The minimum absolute atomic E-state index is 0.0293. The van der Waals surface area contributed by atoms with E-state index in [4.69, 9.17) is 11.6 Å². The Morgan fingerprint density at radius 1 is 1.47 bits per heavy atom. The highest BCUT2D eigenvalue weighted by atomic mass is 79.9. The first-order chi connectivity index (χ1) is 7.99. The van der Waals surface area contributed by atoms with Crippen LogP contribution in [-0.4, -0.2) is 5.11 Å². The summed E-state index contributed by atoms with van der Waals surface area (Å²) in [5.74, 6) is -0.501. The first kappa shape index (κ1) is 14.9. The van der Waals surface area contributed by atoms with Gasteiger partial charge in [-0.05, 0) is 34.3 Å². The van der Waals surface area contributed by atoms with E-state index in [1.54, 1.807) is 12.1 Å². The molecule has 0 aliphatic carbocycles. The fraction of sp³-hybridized carbons (Fsp3) is 0.538. The average molecular weight is 324 g/mol. The van der Waals surface area contributed by atoms with Crippen molar-refractivity contribution >= 4 is 27.5 Å². The van der Waals surface area contributed by atoms with Crippen molar-refractivity contribution in [2.45, 2.75) is 39.2 Å². The van der Waals surface area contributed by atoms with Crippen LogP contribution in [0.5, 0.6) is 0 Å². The van der Waals surface area contributed by atoms with Gasteiger partial charge in [-0.25, -0.2) is 4.39 Å². The van der Waals surface area contributed by atoms with Crippen molar-refractivity contribution in [3.05, 3.63) is 33.0 Å². The molecule has 0 aliphatic rings. The predicted molar refractivity (Wildman–Crippen MR) is 72.8 cm³/mol. The molecule has 1 nitrogen and oxygen atoms in total. The van der Waals surface area contributed by atoms with Crippen molar-refractivity contribution in [3.8, 4) is 0 Å². The van der Waals surface area contributed by atoms with Crippen molar-refractivity contribution < 1.29 is 9.50 Å². The van der Waals surface area contributed by atoms with Crippen LogP contribution in [0.4, 0.5) is 4.39 Å². The summed E-state index contributed by atoms with van der Waals surface area (Å²) < 4.78 is 14.4. The lowest BCUT2D eigenvalue weighted by Crippen LogP contribution is -2.11. The molecule has 0 heterocycles. The summed E-state index contributed by atoms with van der Waals surface area (Å²) in [5, 5.41) is 10.1. The van der Waals surface area contributed by atoms with Crippen LogP contribution in [0.25, 0.3) is 0 Å². The fourth-order valence-corrected chi connectivity index (χ4v) is 2.24. The third-order valence-corrected chi connectivity index (χ3v) is 4.19. The summed E-state index contributed by atoms with van der Waals surface area (Å²) in [4.78, 5) is 0. The van der Waals surface area contributed by atoms with Crippen LogP contribution in [0.2, 0.25) is 5.02 Å². The van der Waals surface area contributed by atoms with Gasteiger partial charge in [0.2, 0.25) is 0 Å². The van der Waals surface area contributed by atoms with Gasteiger partial charge in [-0.3, -0.25) is 0 Å². The van der Waals surface area contributed by atoms with Crippen LogP contribution in [0.3, 0.4) is 0 Å². The number of benzene rings is 1. The number of rotatable bonds is 5. The Hall–Kier alpha value is -0.120. The van der Waals surface area contributed by atoms with Gasteiger partial charge in [-0.15, -0.1) is 0 Å². The number of unbranched alkanes of at least 4 members (excludes halogenated alkanes) is 1. The fourth-order valence-electron chi connectivity index (χ4n) is 1.76. The van der Waals surface area contributed by atoms with Crippen molar-refractivity contribution in [2.75, 3.05) is 0 Å². The monoisotopic (exact) mass is 322 g/mol. The second-order valence-corrected chi connectivity index (χ2v) is 5.56. The van der Waals surface area contributed by atoms with Gasteiger partial charge in [0, 0.05) is 10.0 Å². The third-order valence-electron chi connectivity index (χ3n) is 2.94. The Bertz CT molecular complexity index is 384. The van der Waals surface area contributed by atoms with Gasteiger partial charge in [0.1, 0.15) is 5.82 Å². The molecule has 2 unspecified atom stereocenters. The van der Waals surface area contributed by atoms with Crippen LogP contribution >= 0.6 is 27.5 Å². The Labute approximate surface area is 115 Å². The van der Waals surface area contributed by atoms with E-state index in [2.05, 4.69) is 22.9 Å². The van der Waals surface area contributed by atoms with E-state index in [0.29, 0.717) is 4.47 Å². The maximum absolute atomic E-state index is 13.9. The zero-order valence-electron chi connectivity index (χ0n) is 10.0. The molecular weight excluding hydrogens is 306 g/mol. The molecule has 0 aromatic heterocycles. The number of aliphatic hydroxyl groups is 1. The smallest absolute Gasteiger partial charge is 0.148 e. The van der Waals surface area contributed by atoms with Gasteiger partial charge >= 0.3 is 0 Å². The van der Waals surface area contributed by atoms with Crippen LogP contribution in [0, 0.1) is 11.7 Å². The maximum atomic E-state index is 13.9. The highest BCUT2D eigenvalue weighted by Crippen LogP contribution is 2.34. The molecule has 0 aliphatic heterocycles. The lowest BCUT2D eigenvalue weighted by molar-refractivity contribution is 0.107. The summed E-state index contributed by atoms with van der Waals surface area (Å²) in [6, 6.07) is 3.24. The third kappa shape index (κ3) is 3.67. The van der Waals surface area contributed by atoms with E-state index in [1.165, 1.54) is 0 Å². The van der Waals surface area contributed by atoms with E-state index < -0.39 is 11.9 Å². The molecule has 1 aromatic rings. The van der Waals surface area contributed by atoms with Gasteiger partial charge < -0.3 is 5.11 Å². The number of aliphatic hydroxyl groups excluding tert-OH is 1. The molecule has 0 saturated carbocycles. The van der Waals surface area contributed by atoms with Crippen molar-refractivity contribution in [2.24, 2.45) is 5.92 Å². The molecule has 1 aromatic carbocycles. The molecule has 0 fully saturated rings. The van der Waals surface area contributed by atoms with E-state index in [-0.39, 0.29) is 16.5 Å². The minimum atomic E-state index is -0.799. The predicted octanol–water partition coefficient (Wildman–Crippen LogP) is 5.10. The maximum Gasteiger partial charge on any atom is 0.148 e. The molecule has 0 spiro atoms. The standard InChI is InChI=1S/C13H17BrClFO/c1-3-4-5-8(2)13(17)9-6-7-10(14)11(15)12(9)16/h6-8,13,17H,3-5H2,1-2H3. The lowest BCUT2D eigenvalue weighted by Gasteiger charge is -2.20. The number of halogens is 3. The highest BCUT2D eigenvalue weighted by Gasteiger charge is 2.21. The largest absolute Gasteiger partial charge is 0.388 e. The number of hydrogen-bond donors (Lipinski definition) is 1. The van der Waals surface area contributed by atoms with Crippen LogP contribution in [0.1, 0.15) is 44.8 Å². The molecule has 1 N–H and O–H groups in total. The first-order valence-electron chi connectivity index (χ1n) is 5.80. The molecule has 2 atom stereocenters. The molecule has 0 bridgehead atoms. The zero-order chi connectivity index (χ0) is 13.0. The summed E-state index contributed by atoms with van der Waals surface area (Å²) in [5.41, 5.74) is 0.279. The molecule has 17 heavy (non-hydrogen) atoms. The van der Waals surface area contributed by atoms with Crippen molar-refractivity contribution in [1.29, 1.82) is 0 Å². The molecule has 1 rings (SSSR count). The average Bonchev–Trinajstić information content (AvgIpc) is 2.32. The molecule has 0 amide bonds. The zero-order valence-corrected chi connectivity index (χ0v) is 12.4. The summed E-state index contributed by atoms with van der Waals surface area (Å²) in [6.45, 7) is 4.02. The molecule has 96 valence electrons. The topological polar surface area (TPSA) is 20.2 Å². The Morgan fingerprint density at radius 2 is 2.12 bits per heavy atom. The van der Waals surface area contributed by atoms with Gasteiger partial charge in [-0.1, -0.05) is 44.4 Å². The second kappa shape index (κ2) is 6.72. The second-order valence-electron chi connectivity index (χ2n) is 4.33. The van der Waals surface area contributed by atoms with E-state index in [1.807, 2.05) is 6.92 Å². The van der Waals surface area contributed by atoms with E-state index >= 15 is 0 Å². The first-order valence-corrected chi connectivity index (χ1v) is 6.97. The van der Waals surface area contributed by atoms with Gasteiger partial charge in [0.25, 0.3) is 0 Å². The molecule has 4 heteroatoms.